The summed E-state index contributed by atoms with van der Waals surface area (Å²) in [4.78, 5) is 1.98. The molecule has 0 aliphatic carbocycles. The zero-order chi connectivity index (χ0) is 12.5. The molecule has 1 aromatic rings. The van der Waals surface area contributed by atoms with Crippen LogP contribution in [0.2, 0.25) is 0 Å². The Bertz CT molecular complexity index is 543. The van der Waals surface area contributed by atoms with Gasteiger partial charge in [-0.1, -0.05) is 6.07 Å². The highest BCUT2D eigenvalue weighted by molar-refractivity contribution is 5.85. The molecular weight excluding hydrogens is 268 g/mol. The first-order valence-corrected chi connectivity index (χ1v) is 5.74. The number of halogens is 1. The first-order valence-electron chi connectivity index (χ1n) is 5.74. The lowest BCUT2D eigenvalue weighted by Crippen LogP contribution is -2.25. The van der Waals surface area contributed by atoms with Crippen molar-refractivity contribution < 1.29 is 14.6 Å². The van der Waals surface area contributed by atoms with Crippen LogP contribution in [0.15, 0.2) is 42.1 Å². The minimum atomic E-state index is -0.0147. The number of rotatable bonds is 2. The number of aliphatic hydroxyl groups excluding tert-OH is 1. The number of ether oxygens (including phenoxy) is 2. The molecule has 2 aliphatic rings. The van der Waals surface area contributed by atoms with Crippen LogP contribution in [0.1, 0.15) is 6.92 Å². The molecule has 2 aliphatic heterocycles. The topological polar surface area (TPSA) is 54.0 Å². The van der Waals surface area contributed by atoms with Gasteiger partial charge in [0.25, 0.3) is 0 Å². The number of para-hydroxylation sites is 1. The van der Waals surface area contributed by atoms with Gasteiger partial charge in [0, 0.05) is 5.70 Å². The SMILES string of the molecule is CC1=C(CO)N(c2cccc3c2OC=CO3)CN1.Cl. The summed E-state index contributed by atoms with van der Waals surface area (Å²) in [5.74, 6) is 1.35. The summed E-state index contributed by atoms with van der Waals surface area (Å²) < 4.78 is 10.9. The fourth-order valence-corrected chi connectivity index (χ4v) is 2.16. The minimum Gasteiger partial charge on any atom is -0.458 e. The summed E-state index contributed by atoms with van der Waals surface area (Å²) in [6.45, 7) is 2.54. The Labute approximate surface area is 117 Å². The third kappa shape index (κ3) is 2.22. The number of hydrogen-bond acceptors (Lipinski definition) is 5. The zero-order valence-electron chi connectivity index (χ0n) is 10.4. The van der Waals surface area contributed by atoms with Gasteiger partial charge in [0.2, 0.25) is 0 Å². The molecule has 2 heterocycles. The second kappa shape index (κ2) is 5.42. The predicted octanol–water partition coefficient (Wildman–Crippen LogP) is 1.94. The van der Waals surface area contributed by atoms with Crippen molar-refractivity contribution >= 4 is 18.1 Å². The van der Waals surface area contributed by atoms with Crippen molar-refractivity contribution in [3.63, 3.8) is 0 Å². The van der Waals surface area contributed by atoms with E-state index in [-0.39, 0.29) is 19.0 Å². The molecule has 0 unspecified atom stereocenters. The van der Waals surface area contributed by atoms with Crippen molar-refractivity contribution in [1.82, 2.24) is 5.32 Å². The van der Waals surface area contributed by atoms with Crippen LogP contribution in [-0.2, 0) is 0 Å². The first kappa shape index (κ1) is 13.6. The Morgan fingerprint density at radius 3 is 2.89 bits per heavy atom. The van der Waals surface area contributed by atoms with Gasteiger partial charge in [-0.3, -0.25) is 0 Å². The fourth-order valence-electron chi connectivity index (χ4n) is 2.16. The third-order valence-corrected chi connectivity index (χ3v) is 3.10. The first-order chi connectivity index (χ1) is 8.81. The van der Waals surface area contributed by atoms with Crippen LogP contribution in [-0.4, -0.2) is 18.4 Å². The van der Waals surface area contributed by atoms with Crippen LogP contribution < -0.4 is 19.7 Å². The van der Waals surface area contributed by atoms with Gasteiger partial charge < -0.3 is 24.8 Å². The van der Waals surface area contributed by atoms with Gasteiger partial charge in [0.1, 0.15) is 12.5 Å². The molecule has 3 rings (SSSR count). The quantitative estimate of drug-likeness (QED) is 0.868. The smallest absolute Gasteiger partial charge is 0.192 e. The Kier molecular flexibility index (Phi) is 3.87. The highest BCUT2D eigenvalue weighted by atomic mass is 35.5. The van der Waals surface area contributed by atoms with Crippen LogP contribution in [0.5, 0.6) is 11.5 Å². The predicted molar refractivity (Wildman–Crippen MR) is 74.4 cm³/mol. The van der Waals surface area contributed by atoms with E-state index in [0.717, 1.165) is 17.1 Å². The van der Waals surface area contributed by atoms with Gasteiger partial charge >= 0.3 is 0 Å². The molecule has 0 bridgehead atoms. The molecule has 2 N–H and O–H groups in total. The van der Waals surface area contributed by atoms with E-state index in [9.17, 15) is 5.11 Å². The van der Waals surface area contributed by atoms with Crippen molar-refractivity contribution in [3.8, 4) is 11.5 Å². The number of anilines is 1. The lowest BCUT2D eigenvalue weighted by atomic mass is 10.2. The fraction of sp³-hybridized carbons (Fsp3) is 0.231. The largest absolute Gasteiger partial charge is 0.458 e. The average molecular weight is 283 g/mol. The van der Waals surface area contributed by atoms with Gasteiger partial charge in [-0.25, -0.2) is 0 Å². The van der Waals surface area contributed by atoms with Gasteiger partial charge in [-0.15, -0.1) is 12.4 Å². The van der Waals surface area contributed by atoms with E-state index in [0.29, 0.717) is 18.2 Å². The molecule has 0 radical (unpaired) electrons. The third-order valence-electron chi connectivity index (χ3n) is 3.10. The summed E-state index contributed by atoms with van der Waals surface area (Å²) in [6.07, 6.45) is 3.01. The Hall–Kier alpha value is -1.85. The molecule has 5 nitrogen and oxygen atoms in total. The molecule has 0 saturated heterocycles. The summed E-state index contributed by atoms with van der Waals surface area (Å²) >= 11 is 0. The highest BCUT2D eigenvalue weighted by Gasteiger charge is 2.25. The number of benzene rings is 1. The average Bonchev–Trinajstić information content (AvgIpc) is 2.79. The summed E-state index contributed by atoms with van der Waals surface area (Å²) in [7, 11) is 0. The molecule has 0 fully saturated rings. The minimum absolute atomic E-state index is 0. The Morgan fingerprint density at radius 1 is 1.32 bits per heavy atom. The standard InChI is InChI=1S/C13H14N2O3.ClH/c1-9-11(7-16)15(8-14-9)10-3-2-4-12-13(10)18-6-5-17-12;/h2-6,14,16H,7-8H2,1H3;1H. The summed E-state index contributed by atoms with van der Waals surface area (Å²) in [6, 6.07) is 5.69. The maximum absolute atomic E-state index is 9.45. The second-order valence-corrected chi connectivity index (χ2v) is 4.10. The van der Waals surface area contributed by atoms with Crippen LogP contribution >= 0.6 is 12.4 Å². The van der Waals surface area contributed by atoms with Gasteiger partial charge in [-0.2, -0.15) is 0 Å². The van der Waals surface area contributed by atoms with Gasteiger partial charge in [0.15, 0.2) is 11.5 Å². The number of nitrogens with one attached hydrogen (secondary N) is 1. The van der Waals surface area contributed by atoms with Crippen molar-refractivity contribution in [3.05, 3.63) is 42.1 Å². The molecule has 102 valence electrons. The molecule has 0 atom stereocenters. The molecule has 1 aromatic carbocycles. The van der Waals surface area contributed by atoms with Crippen molar-refractivity contribution in [2.75, 3.05) is 18.2 Å². The van der Waals surface area contributed by atoms with Crippen LogP contribution in [0.25, 0.3) is 0 Å². The zero-order valence-corrected chi connectivity index (χ0v) is 11.2. The monoisotopic (exact) mass is 282 g/mol. The van der Waals surface area contributed by atoms with E-state index in [1.807, 2.05) is 30.0 Å². The van der Waals surface area contributed by atoms with E-state index in [2.05, 4.69) is 5.32 Å². The number of fused-ring (bicyclic) bond motifs is 1. The van der Waals surface area contributed by atoms with E-state index in [1.165, 1.54) is 12.5 Å². The second-order valence-electron chi connectivity index (χ2n) is 4.10. The Morgan fingerprint density at radius 2 is 2.11 bits per heavy atom. The maximum Gasteiger partial charge on any atom is 0.192 e. The van der Waals surface area contributed by atoms with Crippen molar-refractivity contribution in [1.29, 1.82) is 0 Å². The number of hydrogen-bond donors (Lipinski definition) is 2. The van der Waals surface area contributed by atoms with Crippen LogP contribution in [0, 0.1) is 0 Å². The lowest BCUT2D eigenvalue weighted by molar-refractivity contribution is 0.327. The van der Waals surface area contributed by atoms with Gasteiger partial charge in [0.05, 0.1) is 24.7 Å². The highest BCUT2D eigenvalue weighted by Crippen LogP contribution is 2.41. The molecule has 0 spiro atoms. The number of aliphatic hydroxyl groups is 1. The molecule has 6 heteroatoms. The van der Waals surface area contributed by atoms with E-state index in [1.54, 1.807) is 0 Å². The summed E-state index contributed by atoms with van der Waals surface area (Å²) in [5.41, 5.74) is 2.70. The normalized spacial score (nSPS) is 16.2. The molecular formula is C13H15ClN2O3. The van der Waals surface area contributed by atoms with E-state index >= 15 is 0 Å². The molecule has 0 saturated carbocycles. The Balaban J connectivity index is 0.00000133. The van der Waals surface area contributed by atoms with Crippen LogP contribution in [0.4, 0.5) is 5.69 Å². The van der Waals surface area contributed by atoms with Crippen molar-refractivity contribution in [2.45, 2.75) is 6.92 Å². The van der Waals surface area contributed by atoms with E-state index in [4.69, 9.17) is 9.47 Å². The van der Waals surface area contributed by atoms with E-state index < -0.39 is 0 Å². The molecule has 0 amide bonds. The van der Waals surface area contributed by atoms with Crippen molar-refractivity contribution in [2.24, 2.45) is 0 Å². The maximum atomic E-state index is 9.45. The van der Waals surface area contributed by atoms with Gasteiger partial charge in [-0.05, 0) is 19.1 Å². The number of nitrogens with zero attached hydrogens (tertiary/aromatic N) is 1. The number of allylic oxidation sites excluding steroid dienone is 1. The molecule has 0 aromatic heterocycles. The summed E-state index contributed by atoms with van der Waals surface area (Å²) in [5, 5.41) is 12.7. The van der Waals surface area contributed by atoms with Crippen LogP contribution in [0.3, 0.4) is 0 Å². The molecule has 19 heavy (non-hydrogen) atoms. The lowest BCUT2D eigenvalue weighted by Gasteiger charge is -2.24.